The molecule has 58 valence electrons. The third kappa shape index (κ3) is 1.72. The van der Waals surface area contributed by atoms with Gasteiger partial charge in [-0.15, -0.1) is 0 Å². The van der Waals surface area contributed by atoms with Crippen molar-refractivity contribution in [3.8, 4) is 0 Å². The SMILES string of the molecule is NC(=S)N(C=S)n1ccnc1. The number of imidazole rings is 1. The van der Waals surface area contributed by atoms with Gasteiger partial charge in [0.05, 0.1) is 5.49 Å². The molecule has 0 aliphatic heterocycles. The van der Waals surface area contributed by atoms with Crippen molar-refractivity contribution >= 4 is 35.0 Å². The minimum atomic E-state index is 0.193. The van der Waals surface area contributed by atoms with Gasteiger partial charge in [-0.25, -0.2) is 14.7 Å². The van der Waals surface area contributed by atoms with Crippen LogP contribution in [-0.2, 0) is 0 Å². The molecule has 6 heteroatoms. The van der Waals surface area contributed by atoms with Crippen molar-refractivity contribution < 1.29 is 0 Å². The average Bonchev–Trinajstić information content (AvgIpc) is 2.40. The molecule has 0 fully saturated rings. The number of nitrogens with two attached hydrogens (primary N) is 1. The van der Waals surface area contributed by atoms with E-state index in [1.165, 1.54) is 10.5 Å². The molecule has 1 heterocycles. The molecule has 0 aliphatic rings. The van der Waals surface area contributed by atoms with E-state index in [0.717, 1.165) is 0 Å². The Morgan fingerprint density at radius 2 is 2.45 bits per heavy atom. The van der Waals surface area contributed by atoms with Crippen molar-refractivity contribution in [1.29, 1.82) is 0 Å². The van der Waals surface area contributed by atoms with Crippen LogP contribution in [0.5, 0.6) is 0 Å². The number of thiocarbonyl (C=S) groups is 2. The molecule has 0 bridgehead atoms. The van der Waals surface area contributed by atoms with Crippen LogP contribution in [0.2, 0.25) is 0 Å². The maximum atomic E-state index is 5.35. The Bertz CT molecular complexity index is 255. The van der Waals surface area contributed by atoms with E-state index in [2.05, 4.69) is 17.2 Å². The Labute approximate surface area is 74.6 Å². The number of hydrogen-bond acceptors (Lipinski definition) is 3. The predicted octanol–water partition coefficient (Wildman–Crippen LogP) is 0.0219. The molecule has 0 aliphatic carbocycles. The first-order valence-corrected chi connectivity index (χ1v) is 3.66. The molecule has 0 atom stereocenters. The van der Waals surface area contributed by atoms with Gasteiger partial charge in [-0.3, -0.25) is 0 Å². The van der Waals surface area contributed by atoms with Crippen LogP contribution < -0.4 is 10.7 Å². The first-order valence-electron chi connectivity index (χ1n) is 2.78. The Morgan fingerprint density at radius 1 is 1.73 bits per heavy atom. The summed E-state index contributed by atoms with van der Waals surface area (Å²) in [5, 5.41) is 1.62. The van der Waals surface area contributed by atoms with Crippen molar-refractivity contribution in [1.82, 2.24) is 9.66 Å². The molecule has 1 aromatic heterocycles. The molecule has 0 spiro atoms. The summed E-state index contributed by atoms with van der Waals surface area (Å²) in [6, 6.07) is 0. The Balaban J connectivity index is 2.88. The van der Waals surface area contributed by atoms with E-state index in [1.807, 2.05) is 0 Å². The third-order valence-electron chi connectivity index (χ3n) is 1.06. The average molecular weight is 186 g/mol. The zero-order chi connectivity index (χ0) is 8.27. The monoisotopic (exact) mass is 186 g/mol. The summed E-state index contributed by atoms with van der Waals surface area (Å²) >= 11 is 9.40. The van der Waals surface area contributed by atoms with E-state index in [-0.39, 0.29) is 5.11 Å². The van der Waals surface area contributed by atoms with Crippen LogP contribution >= 0.6 is 24.4 Å². The first kappa shape index (κ1) is 8.09. The van der Waals surface area contributed by atoms with Crippen LogP contribution in [0.25, 0.3) is 0 Å². The van der Waals surface area contributed by atoms with E-state index in [1.54, 1.807) is 23.4 Å². The molecule has 2 N–H and O–H groups in total. The van der Waals surface area contributed by atoms with Crippen LogP contribution in [0.1, 0.15) is 0 Å². The van der Waals surface area contributed by atoms with Gasteiger partial charge in [0.2, 0.25) is 0 Å². The van der Waals surface area contributed by atoms with E-state index in [0.29, 0.717) is 0 Å². The lowest BCUT2D eigenvalue weighted by atomic mass is 10.9. The smallest absolute Gasteiger partial charge is 0.190 e. The second kappa shape index (κ2) is 3.40. The van der Waals surface area contributed by atoms with Gasteiger partial charge in [0.15, 0.2) is 5.11 Å². The number of aromatic nitrogens is 2. The summed E-state index contributed by atoms with van der Waals surface area (Å²) in [6.45, 7) is 0. The van der Waals surface area contributed by atoms with E-state index in [9.17, 15) is 0 Å². The summed E-state index contributed by atoms with van der Waals surface area (Å²) in [5.41, 5.74) is 6.70. The molecular formula is C5H6N4S2. The highest BCUT2D eigenvalue weighted by atomic mass is 32.1. The molecule has 1 rings (SSSR count). The van der Waals surface area contributed by atoms with Gasteiger partial charge >= 0.3 is 0 Å². The number of hydrogen-bond donors (Lipinski definition) is 1. The zero-order valence-corrected chi connectivity index (χ0v) is 7.18. The predicted molar refractivity (Wildman–Crippen MR) is 50.9 cm³/mol. The van der Waals surface area contributed by atoms with Gasteiger partial charge in [-0.1, -0.05) is 12.2 Å². The summed E-state index contributed by atoms with van der Waals surface area (Å²) in [6.07, 6.45) is 4.87. The van der Waals surface area contributed by atoms with Crippen molar-refractivity contribution in [2.45, 2.75) is 0 Å². The van der Waals surface area contributed by atoms with Crippen molar-refractivity contribution in [2.24, 2.45) is 5.73 Å². The van der Waals surface area contributed by atoms with E-state index in [4.69, 9.17) is 18.0 Å². The Morgan fingerprint density at radius 3 is 2.82 bits per heavy atom. The molecule has 1 aromatic rings. The van der Waals surface area contributed by atoms with Crippen LogP contribution in [0, 0.1) is 0 Å². The van der Waals surface area contributed by atoms with Crippen LogP contribution in [0.3, 0.4) is 0 Å². The molecule has 4 nitrogen and oxygen atoms in total. The van der Waals surface area contributed by atoms with E-state index < -0.39 is 0 Å². The van der Waals surface area contributed by atoms with Gasteiger partial charge in [0.1, 0.15) is 6.33 Å². The van der Waals surface area contributed by atoms with Gasteiger partial charge in [0, 0.05) is 12.4 Å². The molecular weight excluding hydrogens is 180 g/mol. The second-order valence-corrected chi connectivity index (χ2v) is 2.36. The fourth-order valence-electron chi connectivity index (χ4n) is 0.600. The largest absolute Gasteiger partial charge is 0.374 e. The van der Waals surface area contributed by atoms with Crippen molar-refractivity contribution in [2.75, 3.05) is 5.01 Å². The first-order chi connectivity index (χ1) is 5.25. The van der Waals surface area contributed by atoms with Gasteiger partial charge in [-0.2, -0.15) is 0 Å². The van der Waals surface area contributed by atoms with Gasteiger partial charge in [0.25, 0.3) is 0 Å². The summed E-state index contributed by atoms with van der Waals surface area (Å²) in [4.78, 5) is 3.81. The Hall–Kier alpha value is -1.01. The van der Waals surface area contributed by atoms with Crippen LogP contribution in [0.15, 0.2) is 18.7 Å². The lowest BCUT2D eigenvalue weighted by molar-refractivity contribution is 0.877. The molecule has 0 amide bonds. The molecule has 11 heavy (non-hydrogen) atoms. The standard InChI is InChI=1S/C5H6N4S2/c6-5(11)9(4-10)8-2-1-7-3-8/h1-4H,(H2,6,11). The minimum Gasteiger partial charge on any atom is -0.374 e. The quantitative estimate of drug-likeness (QED) is 0.660. The summed E-state index contributed by atoms with van der Waals surface area (Å²) < 4.78 is 1.59. The van der Waals surface area contributed by atoms with E-state index >= 15 is 0 Å². The van der Waals surface area contributed by atoms with Crippen molar-refractivity contribution in [3.63, 3.8) is 0 Å². The van der Waals surface area contributed by atoms with Crippen LogP contribution in [0.4, 0.5) is 0 Å². The summed E-state index contributed by atoms with van der Waals surface area (Å²) in [7, 11) is 0. The topological polar surface area (TPSA) is 47.1 Å². The molecule has 0 saturated carbocycles. The van der Waals surface area contributed by atoms with Gasteiger partial charge in [-0.05, 0) is 12.2 Å². The lowest BCUT2D eigenvalue weighted by Crippen LogP contribution is -2.41. The van der Waals surface area contributed by atoms with Gasteiger partial charge < -0.3 is 5.73 Å². The fourth-order valence-corrected chi connectivity index (χ4v) is 1.04. The second-order valence-electron chi connectivity index (χ2n) is 1.73. The third-order valence-corrected chi connectivity index (χ3v) is 1.45. The minimum absolute atomic E-state index is 0.193. The van der Waals surface area contributed by atoms with Crippen LogP contribution in [-0.4, -0.2) is 20.3 Å². The number of nitrogens with zero attached hydrogens (tertiary/aromatic N) is 3. The van der Waals surface area contributed by atoms with Crippen molar-refractivity contribution in [3.05, 3.63) is 18.7 Å². The summed E-state index contributed by atoms with van der Waals surface area (Å²) in [5.74, 6) is 0. The molecule has 0 unspecified atom stereocenters. The highest BCUT2D eigenvalue weighted by Gasteiger charge is 2.01. The Kier molecular flexibility index (Phi) is 2.50. The number of rotatable bonds is 2. The maximum Gasteiger partial charge on any atom is 0.190 e. The molecule has 0 radical (unpaired) electrons. The maximum absolute atomic E-state index is 5.35. The molecule has 0 saturated heterocycles. The molecule has 0 aromatic carbocycles. The highest BCUT2D eigenvalue weighted by molar-refractivity contribution is 7.81. The fraction of sp³-hybridized carbons (Fsp3) is 0. The highest BCUT2D eigenvalue weighted by Crippen LogP contribution is 1.87. The lowest BCUT2D eigenvalue weighted by Gasteiger charge is -2.16. The zero-order valence-electron chi connectivity index (χ0n) is 5.54. The normalized spacial score (nSPS) is 9.09.